The Labute approximate surface area is 94.9 Å². The number of amides is 1. The first kappa shape index (κ1) is 12.0. The Bertz CT molecular complexity index is 316. The van der Waals surface area contributed by atoms with Crippen molar-refractivity contribution in [3.8, 4) is 0 Å². The van der Waals surface area contributed by atoms with Crippen LogP contribution in [0, 0.1) is 5.92 Å². The Morgan fingerprint density at radius 3 is 2.87 bits per heavy atom. The number of alkyl halides is 1. The average molecular weight is 227 g/mol. The van der Waals surface area contributed by atoms with Crippen LogP contribution in [0.25, 0.3) is 0 Å². The normalized spacial score (nSPS) is 14.3. The van der Waals surface area contributed by atoms with Gasteiger partial charge in [0, 0.05) is 24.2 Å². The van der Waals surface area contributed by atoms with E-state index in [2.05, 4.69) is 10.3 Å². The van der Waals surface area contributed by atoms with Gasteiger partial charge in [-0.1, -0.05) is 13.0 Å². The highest BCUT2D eigenvalue weighted by atomic mass is 35.5. The molecule has 0 radical (unpaired) electrons. The summed E-state index contributed by atoms with van der Waals surface area (Å²) >= 11 is 5.60. The Kier molecular flexibility index (Phi) is 4.56. The summed E-state index contributed by atoms with van der Waals surface area (Å²) < 4.78 is 0. The summed E-state index contributed by atoms with van der Waals surface area (Å²) in [4.78, 5) is 15.5. The van der Waals surface area contributed by atoms with Crippen molar-refractivity contribution in [1.29, 1.82) is 0 Å². The van der Waals surface area contributed by atoms with Gasteiger partial charge >= 0.3 is 0 Å². The van der Waals surface area contributed by atoms with Gasteiger partial charge in [-0.2, -0.15) is 0 Å². The van der Waals surface area contributed by atoms with Gasteiger partial charge in [0.25, 0.3) is 0 Å². The molecule has 0 saturated heterocycles. The van der Waals surface area contributed by atoms with Gasteiger partial charge in [0.05, 0.1) is 6.04 Å². The predicted molar refractivity (Wildman–Crippen MR) is 60.7 cm³/mol. The van der Waals surface area contributed by atoms with Gasteiger partial charge in [0.2, 0.25) is 5.91 Å². The Hall–Kier alpha value is -1.09. The van der Waals surface area contributed by atoms with Crippen LogP contribution in [0.15, 0.2) is 24.5 Å². The van der Waals surface area contributed by atoms with Crippen LogP contribution < -0.4 is 5.32 Å². The van der Waals surface area contributed by atoms with E-state index in [1.54, 1.807) is 19.3 Å². The van der Waals surface area contributed by atoms with Crippen LogP contribution in [-0.4, -0.2) is 16.8 Å². The Morgan fingerprint density at radius 2 is 2.33 bits per heavy atom. The molecule has 0 aliphatic heterocycles. The lowest BCUT2D eigenvalue weighted by Crippen LogP contribution is -2.32. The first-order valence-corrected chi connectivity index (χ1v) is 5.45. The molecule has 2 atom stereocenters. The fourth-order valence-electron chi connectivity index (χ4n) is 1.14. The van der Waals surface area contributed by atoms with Gasteiger partial charge in [-0.25, -0.2) is 0 Å². The number of rotatable bonds is 4. The molecule has 0 aliphatic rings. The monoisotopic (exact) mass is 226 g/mol. The van der Waals surface area contributed by atoms with Crippen LogP contribution in [0.3, 0.4) is 0 Å². The minimum atomic E-state index is -0.161. The van der Waals surface area contributed by atoms with Gasteiger partial charge in [0.15, 0.2) is 0 Å². The van der Waals surface area contributed by atoms with Crippen molar-refractivity contribution < 1.29 is 4.79 Å². The van der Waals surface area contributed by atoms with Crippen LogP contribution >= 0.6 is 11.6 Å². The third-order valence-corrected chi connectivity index (χ3v) is 2.69. The minimum Gasteiger partial charge on any atom is -0.349 e. The number of nitrogens with one attached hydrogen (secondary N) is 1. The lowest BCUT2D eigenvalue weighted by Gasteiger charge is -2.16. The second kappa shape index (κ2) is 5.71. The highest BCUT2D eigenvalue weighted by molar-refractivity contribution is 6.19. The number of nitrogens with zero attached hydrogens (tertiary/aromatic N) is 1. The van der Waals surface area contributed by atoms with Gasteiger partial charge in [-0.3, -0.25) is 9.78 Å². The summed E-state index contributed by atoms with van der Waals surface area (Å²) in [6.45, 7) is 3.73. The van der Waals surface area contributed by atoms with Crippen LogP contribution in [0.1, 0.15) is 25.5 Å². The quantitative estimate of drug-likeness (QED) is 0.800. The van der Waals surface area contributed by atoms with Gasteiger partial charge in [-0.05, 0) is 18.6 Å². The van der Waals surface area contributed by atoms with Gasteiger partial charge in [0.1, 0.15) is 0 Å². The van der Waals surface area contributed by atoms with Crippen molar-refractivity contribution in [2.24, 2.45) is 5.92 Å². The minimum absolute atomic E-state index is 0.0265. The van der Waals surface area contributed by atoms with Crippen LogP contribution in [0.2, 0.25) is 0 Å². The second-order valence-electron chi connectivity index (χ2n) is 3.57. The lowest BCUT2D eigenvalue weighted by atomic mass is 10.1. The molecule has 82 valence electrons. The SMILES string of the molecule is CC(CCl)C(=O)N[C@@H](C)c1cccnc1. The molecule has 1 rings (SSSR count). The van der Waals surface area contributed by atoms with Crippen molar-refractivity contribution >= 4 is 17.5 Å². The molecule has 1 aromatic heterocycles. The zero-order valence-corrected chi connectivity index (χ0v) is 9.66. The number of halogens is 1. The largest absolute Gasteiger partial charge is 0.349 e. The highest BCUT2D eigenvalue weighted by Crippen LogP contribution is 2.11. The maximum atomic E-state index is 11.5. The van der Waals surface area contributed by atoms with E-state index in [0.29, 0.717) is 5.88 Å². The molecule has 1 amide bonds. The summed E-state index contributed by atoms with van der Waals surface area (Å²) in [5.74, 6) is 0.151. The molecule has 1 N–H and O–H groups in total. The number of hydrogen-bond acceptors (Lipinski definition) is 2. The van der Waals surface area contributed by atoms with Crippen LogP contribution in [0.5, 0.6) is 0 Å². The van der Waals surface area contributed by atoms with Crippen molar-refractivity contribution in [2.75, 3.05) is 5.88 Å². The Morgan fingerprint density at radius 1 is 1.60 bits per heavy atom. The topological polar surface area (TPSA) is 42.0 Å². The number of carbonyl (C=O) groups excluding carboxylic acids is 1. The average Bonchev–Trinajstić information content (AvgIpc) is 2.29. The fourth-order valence-corrected chi connectivity index (χ4v) is 1.28. The summed E-state index contributed by atoms with van der Waals surface area (Å²) in [7, 11) is 0. The molecule has 15 heavy (non-hydrogen) atoms. The third-order valence-electron chi connectivity index (χ3n) is 2.22. The van der Waals surface area contributed by atoms with Crippen molar-refractivity contribution in [1.82, 2.24) is 10.3 Å². The molecule has 3 nitrogen and oxygen atoms in total. The molecule has 1 unspecified atom stereocenters. The smallest absolute Gasteiger partial charge is 0.224 e. The molecule has 0 aliphatic carbocycles. The number of pyridine rings is 1. The van der Waals surface area contributed by atoms with E-state index >= 15 is 0 Å². The van der Waals surface area contributed by atoms with E-state index in [-0.39, 0.29) is 17.9 Å². The van der Waals surface area contributed by atoms with Crippen LogP contribution in [0.4, 0.5) is 0 Å². The standard InChI is InChI=1S/C11H15ClN2O/c1-8(6-12)11(15)14-9(2)10-4-3-5-13-7-10/h3-5,7-9H,6H2,1-2H3,(H,14,15)/t8?,9-/m0/s1. The Balaban J connectivity index is 2.56. The zero-order valence-electron chi connectivity index (χ0n) is 8.90. The molecule has 4 heteroatoms. The first-order valence-electron chi connectivity index (χ1n) is 4.91. The van der Waals surface area contributed by atoms with E-state index < -0.39 is 0 Å². The van der Waals surface area contributed by atoms with Crippen molar-refractivity contribution in [3.63, 3.8) is 0 Å². The van der Waals surface area contributed by atoms with Gasteiger partial charge in [-0.15, -0.1) is 11.6 Å². The summed E-state index contributed by atoms with van der Waals surface area (Å²) in [5.41, 5.74) is 0.993. The summed E-state index contributed by atoms with van der Waals surface area (Å²) in [6, 6.07) is 3.75. The van der Waals surface area contributed by atoms with E-state index in [4.69, 9.17) is 11.6 Å². The number of hydrogen-bond donors (Lipinski definition) is 1. The summed E-state index contributed by atoms with van der Waals surface area (Å²) in [6.07, 6.45) is 3.45. The molecule has 0 fully saturated rings. The van der Waals surface area contributed by atoms with Crippen molar-refractivity contribution in [3.05, 3.63) is 30.1 Å². The zero-order chi connectivity index (χ0) is 11.3. The second-order valence-corrected chi connectivity index (χ2v) is 3.88. The molecule has 1 heterocycles. The number of aromatic nitrogens is 1. The molecule has 0 bridgehead atoms. The molecule has 1 aromatic rings. The van der Waals surface area contributed by atoms with E-state index in [1.165, 1.54) is 0 Å². The lowest BCUT2D eigenvalue weighted by molar-refractivity contribution is -0.124. The third kappa shape index (κ3) is 3.51. The van der Waals surface area contributed by atoms with Crippen molar-refractivity contribution in [2.45, 2.75) is 19.9 Å². The van der Waals surface area contributed by atoms with E-state index in [1.807, 2.05) is 19.1 Å². The molecule has 0 saturated carbocycles. The molecular formula is C11H15ClN2O. The van der Waals surface area contributed by atoms with Gasteiger partial charge < -0.3 is 5.32 Å². The highest BCUT2D eigenvalue weighted by Gasteiger charge is 2.14. The fraction of sp³-hybridized carbons (Fsp3) is 0.455. The summed E-state index contributed by atoms with van der Waals surface area (Å²) in [5, 5.41) is 2.88. The maximum Gasteiger partial charge on any atom is 0.224 e. The van der Waals surface area contributed by atoms with E-state index in [0.717, 1.165) is 5.56 Å². The molecule has 0 aromatic carbocycles. The van der Waals surface area contributed by atoms with Crippen LogP contribution in [-0.2, 0) is 4.79 Å². The molecular weight excluding hydrogens is 212 g/mol. The predicted octanol–water partition coefficient (Wildman–Crippen LogP) is 2.13. The maximum absolute atomic E-state index is 11.5. The van der Waals surface area contributed by atoms with E-state index in [9.17, 15) is 4.79 Å². The molecule has 0 spiro atoms. The first-order chi connectivity index (χ1) is 7.15. The number of carbonyl (C=O) groups is 1.